The summed E-state index contributed by atoms with van der Waals surface area (Å²) in [5.41, 5.74) is 1.17. The van der Waals surface area contributed by atoms with Crippen LogP contribution in [0.3, 0.4) is 0 Å². The third kappa shape index (κ3) is 5.06. The molecule has 0 amide bonds. The molecular weight excluding hydrogens is 310 g/mol. The van der Waals surface area contributed by atoms with Crippen LogP contribution in [0.4, 0.5) is 11.9 Å². The Morgan fingerprint density at radius 1 is 1.04 bits per heavy atom. The third-order valence-electron chi connectivity index (χ3n) is 3.51. The summed E-state index contributed by atoms with van der Waals surface area (Å²) in [4.78, 5) is 15.2. The Labute approximate surface area is 143 Å². The second-order valence-corrected chi connectivity index (χ2v) is 5.83. The van der Waals surface area contributed by atoms with Crippen molar-refractivity contribution in [3.8, 4) is 0 Å². The molecule has 2 aromatic rings. The lowest BCUT2D eigenvalue weighted by Crippen LogP contribution is -2.27. The van der Waals surface area contributed by atoms with E-state index in [9.17, 15) is 0 Å². The highest BCUT2D eigenvalue weighted by atomic mass is 35.5. The average molecular weight is 334 g/mol. The zero-order chi connectivity index (χ0) is 16.7. The molecule has 23 heavy (non-hydrogen) atoms. The predicted molar refractivity (Wildman–Crippen MR) is 96.1 cm³/mol. The largest absolute Gasteiger partial charge is 0.348 e. The highest BCUT2D eigenvalue weighted by molar-refractivity contribution is 6.28. The van der Waals surface area contributed by atoms with E-state index in [2.05, 4.69) is 58.1 Å². The van der Waals surface area contributed by atoms with Crippen molar-refractivity contribution in [2.24, 2.45) is 0 Å². The van der Waals surface area contributed by atoms with Crippen molar-refractivity contribution in [2.45, 2.75) is 39.7 Å². The number of anilines is 2. The normalized spacial score (nSPS) is 12.0. The minimum absolute atomic E-state index is 0.0910. The molecule has 5 nitrogen and oxygen atoms in total. The topological polar surface area (TPSA) is 53.9 Å². The highest BCUT2D eigenvalue weighted by Gasteiger charge is 2.13. The molecule has 1 aromatic heterocycles. The summed E-state index contributed by atoms with van der Waals surface area (Å²) in [6, 6.07) is 10.3. The van der Waals surface area contributed by atoms with Crippen LogP contribution in [0.1, 0.15) is 45.2 Å². The van der Waals surface area contributed by atoms with Crippen molar-refractivity contribution in [1.82, 2.24) is 15.0 Å². The van der Waals surface area contributed by atoms with Gasteiger partial charge < -0.3 is 10.2 Å². The summed E-state index contributed by atoms with van der Waals surface area (Å²) in [6.45, 7) is 8.16. The molecule has 0 saturated carbocycles. The molecule has 1 heterocycles. The maximum absolute atomic E-state index is 6.09. The van der Waals surface area contributed by atoms with Crippen LogP contribution in [0.25, 0.3) is 0 Å². The van der Waals surface area contributed by atoms with E-state index in [0.29, 0.717) is 11.9 Å². The van der Waals surface area contributed by atoms with Gasteiger partial charge in [0.2, 0.25) is 17.2 Å². The number of hydrogen-bond donors (Lipinski definition) is 1. The van der Waals surface area contributed by atoms with Crippen LogP contribution in [-0.4, -0.2) is 28.0 Å². The Balaban J connectivity index is 2.19. The Kier molecular flexibility index (Phi) is 6.59. The maximum Gasteiger partial charge on any atom is 0.231 e. The first-order chi connectivity index (χ1) is 11.1. The van der Waals surface area contributed by atoms with Gasteiger partial charge in [-0.05, 0) is 36.9 Å². The summed E-state index contributed by atoms with van der Waals surface area (Å²) >= 11 is 6.09. The number of hydrogen-bond acceptors (Lipinski definition) is 5. The lowest BCUT2D eigenvalue weighted by molar-refractivity contribution is 0.716. The summed E-state index contributed by atoms with van der Waals surface area (Å²) < 4.78 is 0. The average Bonchev–Trinajstić information content (AvgIpc) is 2.55. The van der Waals surface area contributed by atoms with E-state index in [0.717, 1.165) is 25.9 Å². The van der Waals surface area contributed by atoms with Gasteiger partial charge in [-0.3, -0.25) is 0 Å². The molecule has 1 aromatic carbocycles. The van der Waals surface area contributed by atoms with E-state index < -0.39 is 0 Å². The zero-order valence-electron chi connectivity index (χ0n) is 14.0. The lowest BCUT2D eigenvalue weighted by Gasteiger charge is -2.22. The van der Waals surface area contributed by atoms with E-state index in [1.165, 1.54) is 5.56 Å². The second kappa shape index (κ2) is 8.67. The molecule has 0 aliphatic rings. The van der Waals surface area contributed by atoms with E-state index in [4.69, 9.17) is 11.6 Å². The van der Waals surface area contributed by atoms with Crippen molar-refractivity contribution in [2.75, 3.05) is 23.3 Å². The van der Waals surface area contributed by atoms with Crippen molar-refractivity contribution >= 4 is 23.5 Å². The van der Waals surface area contributed by atoms with Crippen LogP contribution in [0.15, 0.2) is 30.3 Å². The van der Waals surface area contributed by atoms with Gasteiger partial charge >= 0.3 is 0 Å². The number of aromatic nitrogens is 3. The summed E-state index contributed by atoms with van der Waals surface area (Å²) in [5, 5.41) is 3.52. The molecule has 0 unspecified atom stereocenters. The second-order valence-electron chi connectivity index (χ2n) is 5.49. The van der Waals surface area contributed by atoms with Gasteiger partial charge in [-0.2, -0.15) is 15.0 Å². The van der Waals surface area contributed by atoms with Crippen LogP contribution >= 0.6 is 11.6 Å². The summed E-state index contributed by atoms with van der Waals surface area (Å²) in [6.07, 6.45) is 2.07. The first-order valence-corrected chi connectivity index (χ1v) is 8.49. The number of nitrogens with one attached hydrogen (secondary N) is 1. The Hall–Kier alpha value is -1.88. The molecule has 1 N–H and O–H groups in total. The fourth-order valence-electron chi connectivity index (χ4n) is 2.42. The predicted octanol–water partition coefficient (Wildman–Crippen LogP) is 4.32. The van der Waals surface area contributed by atoms with Crippen LogP contribution < -0.4 is 10.2 Å². The van der Waals surface area contributed by atoms with Gasteiger partial charge in [0.15, 0.2) is 0 Å². The van der Waals surface area contributed by atoms with Gasteiger partial charge in [-0.1, -0.05) is 44.2 Å². The van der Waals surface area contributed by atoms with Gasteiger partial charge in [0.05, 0.1) is 6.04 Å². The number of rotatable bonds is 8. The van der Waals surface area contributed by atoms with E-state index >= 15 is 0 Å². The molecule has 0 aliphatic carbocycles. The van der Waals surface area contributed by atoms with Crippen LogP contribution in [0.2, 0.25) is 5.28 Å². The van der Waals surface area contributed by atoms with Crippen LogP contribution in [0.5, 0.6) is 0 Å². The Morgan fingerprint density at radius 3 is 2.30 bits per heavy atom. The van der Waals surface area contributed by atoms with Crippen molar-refractivity contribution in [3.05, 3.63) is 41.2 Å². The summed E-state index contributed by atoms with van der Waals surface area (Å²) in [7, 11) is 0. The Morgan fingerprint density at radius 2 is 1.70 bits per heavy atom. The maximum atomic E-state index is 6.09. The minimum atomic E-state index is 0.0910. The zero-order valence-corrected chi connectivity index (χ0v) is 14.7. The molecule has 124 valence electrons. The molecular formula is C17H24ClN5. The van der Waals surface area contributed by atoms with Gasteiger partial charge in [-0.15, -0.1) is 0 Å². The Bertz CT molecular complexity index is 599. The monoisotopic (exact) mass is 333 g/mol. The minimum Gasteiger partial charge on any atom is -0.348 e. The fraction of sp³-hybridized carbons (Fsp3) is 0.471. The highest BCUT2D eigenvalue weighted by Crippen LogP contribution is 2.19. The van der Waals surface area contributed by atoms with Crippen LogP contribution in [-0.2, 0) is 0 Å². The molecule has 6 heteroatoms. The third-order valence-corrected chi connectivity index (χ3v) is 3.68. The molecule has 0 radical (unpaired) electrons. The quantitative estimate of drug-likeness (QED) is 0.779. The molecule has 0 bridgehead atoms. The van der Waals surface area contributed by atoms with Crippen molar-refractivity contribution in [3.63, 3.8) is 0 Å². The molecule has 0 saturated heterocycles. The molecule has 0 fully saturated rings. The first-order valence-electron chi connectivity index (χ1n) is 8.12. The number of benzene rings is 1. The van der Waals surface area contributed by atoms with Crippen LogP contribution in [0, 0.1) is 0 Å². The van der Waals surface area contributed by atoms with Gasteiger partial charge in [-0.25, -0.2) is 0 Å². The fourth-order valence-corrected chi connectivity index (χ4v) is 2.57. The van der Waals surface area contributed by atoms with Crippen molar-refractivity contribution in [1.29, 1.82) is 0 Å². The van der Waals surface area contributed by atoms with Crippen molar-refractivity contribution < 1.29 is 0 Å². The first kappa shape index (κ1) is 17.5. The van der Waals surface area contributed by atoms with E-state index in [1.807, 2.05) is 18.2 Å². The number of halogens is 1. The van der Waals surface area contributed by atoms with E-state index in [1.54, 1.807) is 0 Å². The summed E-state index contributed by atoms with van der Waals surface area (Å²) in [5.74, 6) is 1.14. The van der Waals surface area contributed by atoms with Gasteiger partial charge in [0.25, 0.3) is 0 Å². The van der Waals surface area contributed by atoms with E-state index in [-0.39, 0.29) is 11.3 Å². The van der Waals surface area contributed by atoms with Gasteiger partial charge in [0.1, 0.15) is 0 Å². The standard InChI is InChI=1S/C17H24ClN5/c1-4-11-23(12-5-2)17-21-15(18)20-16(22-17)19-13(3)14-9-7-6-8-10-14/h6-10,13H,4-5,11-12H2,1-3H3,(H,19,20,21,22)/t13-/m1/s1. The smallest absolute Gasteiger partial charge is 0.231 e. The van der Waals surface area contributed by atoms with Gasteiger partial charge in [0, 0.05) is 13.1 Å². The molecule has 0 spiro atoms. The molecule has 0 aliphatic heterocycles. The lowest BCUT2D eigenvalue weighted by atomic mass is 10.1. The molecule has 1 atom stereocenters. The number of nitrogens with zero attached hydrogens (tertiary/aromatic N) is 4. The SMILES string of the molecule is CCCN(CCC)c1nc(Cl)nc(N[C@H](C)c2ccccc2)n1. The molecule has 2 rings (SSSR count).